The average molecular weight is 189 g/mol. The summed E-state index contributed by atoms with van der Waals surface area (Å²) in [6.07, 6.45) is 2.50. The molecule has 1 aliphatic carbocycles. The van der Waals surface area contributed by atoms with Crippen LogP contribution in [0.25, 0.3) is 0 Å². The molecule has 13 heavy (non-hydrogen) atoms. The quantitative estimate of drug-likeness (QED) is 0.320. The van der Waals surface area contributed by atoms with E-state index >= 15 is 0 Å². The summed E-state index contributed by atoms with van der Waals surface area (Å²) in [6.45, 7) is 1.75. The van der Waals surface area contributed by atoms with Gasteiger partial charge in [-0.05, 0) is 23.9 Å². The van der Waals surface area contributed by atoms with Crippen LogP contribution in [0.5, 0.6) is 0 Å². The molecule has 6 nitrogen and oxygen atoms in total. The van der Waals surface area contributed by atoms with Gasteiger partial charge in [0.25, 0.3) is 5.97 Å². The largest absolute Gasteiger partial charge is 0.481 e. The zero-order valence-electron chi connectivity index (χ0n) is 7.56. The van der Waals surface area contributed by atoms with Crippen molar-refractivity contribution in [3.8, 4) is 0 Å². The first kappa shape index (κ1) is 11.5. The molecular formula is C7H15N3O3. The van der Waals surface area contributed by atoms with Crippen molar-refractivity contribution in [3.63, 3.8) is 0 Å². The zero-order valence-corrected chi connectivity index (χ0v) is 7.56. The van der Waals surface area contributed by atoms with Crippen molar-refractivity contribution < 1.29 is 14.7 Å². The summed E-state index contributed by atoms with van der Waals surface area (Å²) in [6, 6.07) is 0. The second kappa shape index (κ2) is 6.10. The Kier molecular flexibility index (Phi) is 5.42. The lowest BCUT2D eigenvalue weighted by Crippen LogP contribution is -2.23. The Morgan fingerprint density at radius 2 is 2.08 bits per heavy atom. The van der Waals surface area contributed by atoms with E-state index in [0.717, 1.165) is 6.92 Å². The van der Waals surface area contributed by atoms with Crippen LogP contribution in [0.4, 0.5) is 0 Å². The van der Waals surface area contributed by atoms with E-state index in [4.69, 9.17) is 26.2 Å². The van der Waals surface area contributed by atoms with Gasteiger partial charge in [-0.2, -0.15) is 0 Å². The Labute approximate surface area is 76.5 Å². The van der Waals surface area contributed by atoms with E-state index in [1.54, 1.807) is 0 Å². The van der Waals surface area contributed by atoms with E-state index in [0.29, 0.717) is 12.5 Å². The highest BCUT2D eigenvalue weighted by Gasteiger charge is 2.21. The van der Waals surface area contributed by atoms with Crippen LogP contribution in [-0.2, 0) is 9.63 Å². The lowest BCUT2D eigenvalue weighted by atomic mass is 10.5. The van der Waals surface area contributed by atoms with Crippen molar-refractivity contribution in [1.29, 1.82) is 0 Å². The minimum Gasteiger partial charge on any atom is -0.481 e. The minimum atomic E-state index is -0.833. The van der Waals surface area contributed by atoms with Gasteiger partial charge >= 0.3 is 0 Å². The Hall–Kier alpha value is -1.46. The monoisotopic (exact) mass is 189 g/mol. The molecule has 6 heteroatoms. The fourth-order valence-corrected chi connectivity index (χ4v) is 0.502. The summed E-state index contributed by atoms with van der Waals surface area (Å²) >= 11 is 0. The summed E-state index contributed by atoms with van der Waals surface area (Å²) in [4.78, 5) is 13.8. The summed E-state index contributed by atoms with van der Waals surface area (Å²) in [5.41, 5.74) is 10.0. The summed E-state index contributed by atoms with van der Waals surface area (Å²) in [5, 5.41) is 10.8. The van der Waals surface area contributed by atoms with Crippen LogP contribution in [0, 0.1) is 5.92 Å². The molecule has 0 spiro atoms. The summed E-state index contributed by atoms with van der Waals surface area (Å²) in [5.74, 6) is -0.135. The fourth-order valence-electron chi connectivity index (χ4n) is 0.502. The van der Waals surface area contributed by atoms with Crippen molar-refractivity contribution in [2.75, 3.05) is 6.61 Å². The molecule has 0 atom stereocenters. The molecule has 76 valence electrons. The Morgan fingerprint density at radius 3 is 2.38 bits per heavy atom. The number of nitrogens with two attached hydrogens (primary N) is 2. The van der Waals surface area contributed by atoms with Crippen molar-refractivity contribution in [2.24, 2.45) is 22.5 Å². The number of rotatable bonds is 3. The van der Waals surface area contributed by atoms with E-state index in [1.165, 1.54) is 12.8 Å². The Morgan fingerprint density at radius 1 is 1.62 bits per heavy atom. The predicted molar refractivity (Wildman–Crippen MR) is 47.8 cm³/mol. The number of guanidine groups is 1. The third kappa shape index (κ3) is 13.5. The van der Waals surface area contributed by atoms with Crippen LogP contribution < -0.4 is 11.5 Å². The second-order valence-corrected chi connectivity index (χ2v) is 2.77. The van der Waals surface area contributed by atoms with Crippen LogP contribution in [0.2, 0.25) is 0 Å². The number of carbonyl (C=O) groups is 1. The number of oxime groups is 1. The van der Waals surface area contributed by atoms with Gasteiger partial charge in [-0.25, -0.2) is 0 Å². The summed E-state index contributed by atoms with van der Waals surface area (Å²) in [7, 11) is 0. The van der Waals surface area contributed by atoms with E-state index in [1.807, 2.05) is 0 Å². The van der Waals surface area contributed by atoms with Gasteiger partial charge in [0.1, 0.15) is 6.61 Å². The third-order valence-corrected chi connectivity index (χ3v) is 1.18. The molecule has 0 heterocycles. The molecule has 0 aromatic rings. The molecule has 1 aliphatic rings. The standard InChI is InChI=1S/C5H11N3O.C2H4O2/c6-5(7)8-9-3-4-1-2-4;1-2(3)4/h4H,1-3H2,(H4,6,7,8);1H3,(H,3,4). The van der Waals surface area contributed by atoms with Crippen molar-refractivity contribution >= 4 is 11.9 Å². The molecular weight excluding hydrogens is 174 g/mol. The molecule has 1 fully saturated rings. The molecule has 1 rings (SSSR count). The second-order valence-electron chi connectivity index (χ2n) is 2.77. The smallest absolute Gasteiger partial charge is 0.300 e. The molecule has 1 saturated carbocycles. The number of nitrogens with zero attached hydrogens (tertiary/aromatic N) is 1. The van der Waals surface area contributed by atoms with E-state index in [-0.39, 0.29) is 5.96 Å². The van der Waals surface area contributed by atoms with Gasteiger partial charge in [0, 0.05) is 6.92 Å². The van der Waals surface area contributed by atoms with Gasteiger partial charge in [0.2, 0.25) is 5.96 Å². The van der Waals surface area contributed by atoms with Crippen LogP contribution >= 0.6 is 0 Å². The predicted octanol–water partition coefficient (Wildman–Crippen LogP) is -0.308. The molecule has 0 radical (unpaired) electrons. The van der Waals surface area contributed by atoms with Gasteiger partial charge in [0.15, 0.2) is 0 Å². The highest BCUT2D eigenvalue weighted by molar-refractivity contribution is 5.74. The van der Waals surface area contributed by atoms with Gasteiger partial charge < -0.3 is 21.4 Å². The normalized spacial score (nSPS) is 13.6. The van der Waals surface area contributed by atoms with E-state index in [9.17, 15) is 0 Å². The molecule has 0 aromatic carbocycles. The first-order chi connectivity index (χ1) is 6.02. The Bertz CT molecular complexity index is 181. The van der Waals surface area contributed by atoms with E-state index < -0.39 is 5.97 Å². The number of aliphatic carboxylic acids is 1. The molecule has 0 aromatic heterocycles. The number of hydrogen-bond acceptors (Lipinski definition) is 3. The van der Waals surface area contributed by atoms with Crippen LogP contribution in [0.3, 0.4) is 0 Å². The topological polar surface area (TPSA) is 111 Å². The molecule has 0 amide bonds. The van der Waals surface area contributed by atoms with Gasteiger partial charge in [0.05, 0.1) is 0 Å². The third-order valence-electron chi connectivity index (χ3n) is 1.18. The lowest BCUT2D eigenvalue weighted by molar-refractivity contribution is -0.134. The fraction of sp³-hybridized carbons (Fsp3) is 0.714. The van der Waals surface area contributed by atoms with Gasteiger partial charge in [-0.3, -0.25) is 4.79 Å². The highest BCUT2D eigenvalue weighted by Crippen LogP contribution is 2.28. The average Bonchev–Trinajstić information content (AvgIpc) is 2.68. The molecule has 5 N–H and O–H groups in total. The maximum atomic E-state index is 9.00. The molecule has 0 unspecified atom stereocenters. The van der Waals surface area contributed by atoms with Crippen LogP contribution in [0.1, 0.15) is 19.8 Å². The lowest BCUT2D eigenvalue weighted by Gasteiger charge is -1.94. The van der Waals surface area contributed by atoms with Crippen LogP contribution in [0.15, 0.2) is 5.16 Å². The van der Waals surface area contributed by atoms with Crippen LogP contribution in [-0.4, -0.2) is 23.6 Å². The first-order valence-corrected chi connectivity index (χ1v) is 3.92. The van der Waals surface area contributed by atoms with Crippen molar-refractivity contribution in [1.82, 2.24) is 0 Å². The summed E-state index contributed by atoms with van der Waals surface area (Å²) < 4.78 is 0. The first-order valence-electron chi connectivity index (χ1n) is 3.92. The zero-order chi connectivity index (χ0) is 10.3. The maximum absolute atomic E-state index is 9.00. The minimum absolute atomic E-state index is 0.00403. The Balaban J connectivity index is 0.000000310. The van der Waals surface area contributed by atoms with Crippen molar-refractivity contribution in [2.45, 2.75) is 19.8 Å². The number of carboxylic acids is 1. The SMILES string of the molecule is CC(=O)O.NC(N)=NOCC1CC1. The molecule has 0 aliphatic heterocycles. The highest BCUT2D eigenvalue weighted by atomic mass is 16.6. The van der Waals surface area contributed by atoms with Gasteiger partial charge in [-0.1, -0.05) is 0 Å². The van der Waals surface area contributed by atoms with Gasteiger partial charge in [-0.15, -0.1) is 0 Å². The molecule has 0 saturated heterocycles. The van der Waals surface area contributed by atoms with E-state index in [2.05, 4.69) is 5.16 Å². The van der Waals surface area contributed by atoms with Crippen molar-refractivity contribution in [3.05, 3.63) is 0 Å². The number of carboxylic acid groups (broad SMARTS) is 1. The number of hydrogen-bond donors (Lipinski definition) is 3. The molecule has 0 bridgehead atoms. The maximum Gasteiger partial charge on any atom is 0.300 e.